The minimum absolute atomic E-state index is 0.00315. The van der Waals surface area contributed by atoms with E-state index < -0.39 is 22.4 Å². The summed E-state index contributed by atoms with van der Waals surface area (Å²) in [7, 11) is -3.67. The monoisotopic (exact) mass is 388 g/mol. The number of hydrogen-bond donors (Lipinski definition) is 2. The Labute approximate surface area is 159 Å². The highest BCUT2D eigenvalue weighted by molar-refractivity contribution is 7.89. The van der Waals surface area contributed by atoms with Crippen LogP contribution < -0.4 is 10.0 Å². The lowest BCUT2D eigenvalue weighted by atomic mass is 9.99. The molecule has 2 aromatic rings. The van der Waals surface area contributed by atoms with Crippen molar-refractivity contribution in [1.82, 2.24) is 10.0 Å². The highest BCUT2D eigenvalue weighted by Gasteiger charge is 2.45. The molecule has 2 aliphatic heterocycles. The highest BCUT2D eigenvalue weighted by atomic mass is 32.2. The third-order valence-electron chi connectivity index (χ3n) is 5.05. The first-order valence-corrected chi connectivity index (χ1v) is 10.6. The molecule has 0 unspecified atom stereocenters. The van der Waals surface area contributed by atoms with Gasteiger partial charge in [0.25, 0.3) is 0 Å². The van der Waals surface area contributed by atoms with Gasteiger partial charge in [0.1, 0.15) is 0 Å². The van der Waals surface area contributed by atoms with Crippen molar-refractivity contribution in [3.05, 3.63) is 65.7 Å². The Morgan fingerprint density at radius 3 is 2.56 bits per heavy atom. The van der Waals surface area contributed by atoms with Gasteiger partial charge in [-0.2, -0.15) is 0 Å². The fourth-order valence-corrected chi connectivity index (χ4v) is 4.82. The quantitative estimate of drug-likeness (QED) is 0.791. The maximum Gasteiger partial charge on any atom is 0.241 e. The second kappa shape index (κ2) is 7.69. The Kier molecular flexibility index (Phi) is 5.29. The number of hydrogen-bond acceptors (Lipinski definition) is 5. The first-order chi connectivity index (χ1) is 13.0. The van der Waals surface area contributed by atoms with Gasteiger partial charge >= 0.3 is 0 Å². The zero-order valence-corrected chi connectivity index (χ0v) is 16.0. The van der Waals surface area contributed by atoms with Crippen molar-refractivity contribution >= 4 is 10.0 Å². The van der Waals surface area contributed by atoms with Crippen molar-refractivity contribution < 1.29 is 17.9 Å². The van der Waals surface area contributed by atoms with Gasteiger partial charge in [-0.1, -0.05) is 48.0 Å². The molecule has 2 bridgehead atoms. The van der Waals surface area contributed by atoms with Crippen LogP contribution in [0.1, 0.15) is 17.5 Å². The van der Waals surface area contributed by atoms with E-state index in [1.54, 1.807) is 24.3 Å². The van der Waals surface area contributed by atoms with Crippen LogP contribution in [0.25, 0.3) is 0 Å². The predicted octanol–water partition coefficient (Wildman–Crippen LogP) is 1.95. The molecular formula is C20H24N2O4S. The van der Waals surface area contributed by atoms with Gasteiger partial charge in [-0.3, -0.25) is 0 Å². The van der Waals surface area contributed by atoms with Crippen LogP contribution in [0.3, 0.4) is 0 Å². The summed E-state index contributed by atoms with van der Waals surface area (Å²) in [6.45, 7) is 3.08. The Morgan fingerprint density at radius 1 is 1.07 bits per heavy atom. The molecule has 2 N–H and O–H groups in total. The van der Waals surface area contributed by atoms with E-state index >= 15 is 0 Å². The van der Waals surface area contributed by atoms with Gasteiger partial charge in [-0.15, -0.1) is 0 Å². The molecule has 2 heterocycles. The van der Waals surface area contributed by atoms with Crippen LogP contribution >= 0.6 is 0 Å². The van der Waals surface area contributed by atoms with E-state index in [9.17, 15) is 8.42 Å². The lowest BCUT2D eigenvalue weighted by Crippen LogP contribution is -2.59. The Balaban J connectivity index is 1.51. The maximum atomic E-state index is 12.9. The number of nitrogens with one attached hydrogen (secondary N) is 2. The molecule has 0 aliphatic carbocycles. The molecule has 4 atom stereocenters. The van der Waals surface area contributed by atoms with Gasteiger partial charge in [-0.25, -0.2) is 13.1 Å². The van der Waals surface area contributed by atoms with Crippen LogP contribution in [0.5, 0.6) is 0 Å². The third-order valence-corrected chi connectivity index (χ3v) is 6.53. The molecule has 27 heavy (non-hydrogen) atoms. The topological polar surface area (TPSA) is 76.7 Å². The van der Waals surface area contributed by atoms with Crippen LogP contribution in [-0.4, -0.2) is 39.5 Å². The van der Waals surface area contributed by atoms with E-state index in [4.69, 9.17) is 9.47 Å². The number of fused-ring (bicyclic) bond motifs is 2. The minimum Gasteiger partial charge on any atom is -0.348 e. The summed E-state index contributed by atoms with van der Waals surface area (Å²) in [5.41, 5.74) is 2.16. The predicted molar refractivity (Wildman–Crippen MR) is 102 cm³/mol. The fraction of sp³-hybridized carbons (Fsp3) is 0.400. The summed E-state index contributed by atoms with van der Waals surface area (Å²) in [5.74, 6) is 0. The average Bonchev–Trinajstić information content (AvgIpc) is 3.07. The number of benzene rings is 2. The zero-order chi connectivity index (χ0) is 18.9. The summed E-state index contributed by atoms with van der Waals surface area (Å²) < 4.78 is 40.0. The molecule has 0 aromatic heterocycles. The Morgan fingerprint density at radius 2 is 1.81 bits per heavy atom. The van der Waals surface area contributed by atoms with Gasteiger partial charge in [0.05, 0.1) is 23.6 Å². The van der Waals surface area contributed by atoms with Gasteiger partial charge in [0, 0.05) is 12.6 Å². The smallest absolute Gasteiger partial charge is 0.241 e. The van der Waals surface area contributed by atoms with E-state index in [2.05, 4.69) is 10.0 Å². The second-order valence-corrected chi connectivity index (χ2v) is 8.84. The lowest BCUT2D eigenvalue weighted by molar-refractivity contribution is -0.108. The molecule has 2 fully saturated rings. The van der Waals surface area contributed by atoms with E-state index in [1.165, 1.54) is 0 Å². The Hall–Kier alpha value is -1.77. The summed E-state index contributed by atoms with van der Waals surface area (Å²) in [6.07, 6.45) is 0.130. The standard InChI is InChI=1S/C20H24N2O4S/c1-14-7-9-17(10-8-14)27(23,24)22-19-18(11-16-13-25-20(19)26-16)21-12-15-5-3-2-4-6-15/h2-10,16,18-22H,11-13H2,1H3/t16-,18+,19-,20+/m0/s1. The van der Waals surface area contributed by atoms with Gasteiger partial charge in [0.2, 0.25) is 10.0 Å². The SMILES string of the molecule is Cc1ccc(S(=O)(=O)N[C@@H]2[C@@H]3OC[C@H](C[C@H]2NCc2ccccc2)O3)cc1. The summed E-state index contributed by atoms with van der Waals surface area (Å²) in [5, 5.41) is 3.49. The number of ether oxygens (including phenoxy) is 2. The van der Waals surface area contributed by atoms with Crippen molar-refractivity contribution in [2.24, 2.45) is 0 Å². The number of rotatable bonds is 6. The molecule has 7 heteroatoms. The molecular weight excluding hydrogens is 364 g/mol. The van der Waals surface area contributed by atoms with Crippen LogP contribution in [0.15, 0.2) is 59.5 Å². The second-order valence-electron chi connectivity index (χ2n) is 7.13. The first-order valence-electron chi connectivity index (χ1n) is 9.15. The normalized spacial score (nSPS) is 27.6. The maximum absolute atomic E-state index is 12.9. The molecule has 4 rings (SSSR count). The van der Waals surface area contributed by atoms with Crippen molar-refractivity contribution in [1.29, 1.82) is 0 Å². The molecule has 2 aliphatic rings. The zero-order valence-electron chi connectivity index (χ0n) is 15.2. The van der Waals surface area contributed by atoms with E-state index in [1.807, 2.05) is 37.3 Å². The highest BCUT2D eigenvalue weighted by Crippen LogP contribution is 2.29. The molecule has 2 saturated heterocycles. The van der Waals surface area contributed by atoms with Gasteiger partial charge in [-0.05, 0) is 31.0 Å². The van der Waals surface area contributed by atoms with Crippen molar-refractivity contribution in [3.8, 4) is 0 Å². The van der Waals surface area contributed by atoms with Crippen LogP contribution in [0.2, 0.25) is 0 Å². The molecule has 144 valence electrons. The van der Waals surface area contributed by atoms with Crippen molar-refractivity contribution in [3.63, 3.8) is 0 Å². The number of sulfonamides is 1. The van der Waals surface area contributed by atoms with Crippen LogP contribution in [0, 0.1) is 6.92 Å². The third kappa shape index (κ3) is 4.23. The van der Waals surface area contributed by atoms with Crippen LogP contribution in [-0.2, 0) is 26.0 Å². The van der Waals surface area contributed by atoms with E-state index in [0.717, 1.165) is 11.1 Å². The molecule has 0 amide bonds. The molecule has 0 spiro atoms. The van der Waals surface area contributed by atoms with E-state index in [0.29, 0.717) is 19.6 Å². The van der Waals surface area contributed by atoms with Crippen molar-refractivity contribution in [2.45, 2.75) is 49.3 Å². The molecule has 0 radical (unpaired) electrons. The molecule has 0 saturated carbocycles. The fourth-order valence-electron chi connectivity index (χ4n) is 3.56. The summed E-state index contributed by atoms with van der Waals surface area (Å²) in [6, 6.07) is 16.3. The summed E-state index contributed by atoms with van der Waals surface area (Å²) >= 11 is 0. The van der Waals surface area contributed by atoms with Crippen molar-refractivity contribution in [2.75, 3.05) is 6.61 Å². The van der Waals surface area contributed by atoms with Crippen LogP contribution in [0.4, 0.5) is 0 Å². The first kappa shape index (κ1) is 18.6. The molecule has 2 aromatic carbocycles. The molecule has 6 nitrogen and oxygen atoms in total. The van der Waals surface area contributed by atoms with Gasteiger partial charge < -0.3 is 14.8 Å². The lowest BCUT2D eigenvalue weighted by Gasteiger charge is -2.36. The Bertz CT molecular complexity index is 871. The summed E-state index contributed by atoms with van der Waals surface area (Å²) in [4.78, 5) is 0.245. The largest absolute Gasteiger partial charge is 0.348 e. The average molecular weight is 388 g/mol. The minimum atomic E-state index is -3.67. The number of aryl methyl sites for hydroxylation is 1. The van der Waals surface area contributed by atoms with Gasteiger partial charge in [0.15, 0.2) is 6.29 Å². The van der Waals surface area contributed by atoms with E-state index in [-0.39, 0.29) is 17.0 Å².